The predicted octanol–water partition coefficient (Wildman–Crippen LogP) is -2.72. The summed E-state index contributed by atoms with van der Waals surface area (Å²) in [6.45, 7) is -0.0913. The van der Waals surface area contributed by atoms with Crippen LogP contribution < -0.4 is 17.0 Å². The molecule has 0 radical (unpaired) electrons. The van der Waals surface area contributed by atoms with Crippen LogP contribution in [-0.2, 0) is 14.2 Å². The van der Waals surface area contributed by atoms with E-state index >= 15 is 0 Å². The number of nitrogens with two attached hydrogens (primary N) is 1. The van der Waals surface area contributed by atoms with Crippen molar-refractivity contribution >= 4 is 17.1 Å². The molecule has 1 fully saturated rings. The first kappa shape index (κ1) is 17.6. The summed E-state index contributed by atoms with van der Waals surface area (Å²) in [4.78, 5) is 32.9. The summed E-state index contributed by atoms with van der Waals surface area (Å²) in [5.74, 6) is -0.181. The second-order valence-electron chi connectivity index (χ2n) is 5.52. The summed E-state index contributed by atoms with van der Waals surface area (Å²) in [6.07, 6.45) is -4.25. The third-order valence-electron chi connectivity index (χ3n) is 3.94. The van der Waals surface area contributed by atoms with Crippen molar-refractivity contribution in [2.75, 3.05) is 32.7 Å². The molecule has 2 aromatic heterocycles. The molecule has 2 unspecified atom stereocenters. The number of aromatic amines is 2. The van der Waals surface area contributed by atoms with Crippen LogP contribution in [-0.4, -0.2) is 75.0 Å². The largest absolute Gasteiger partial charge is 0.394 e. The van der Waals surface area contributed by atoms with Crippen molar-refractivity contribution in [1.82, 2.24) is 19.5 Å². The van der Waals surface area contributed by atoms with Gasteiger partial charge in [0.15, 0.2) is 17.4 Å². The summed E-state index contributed by atoms with van der Waals surface area (Å²) in [7, 11) is 1.49. The first-order chi connectivity index (χ1) is 12.0. The van der Waals surface area contributed by atoms with Crippen LogP contribution in [0.4, 0.5) is 5.95 Å². The molecule has 138 valence electrons. The van der Waals surface area contributed by atoms with E-state index in [1.165, 1.54) is 7.11 Å². The number of aliphatic hydroxyl groups excluding tert-OH is 2. The zero-order valence-corrected chi connectivity index (χ0v) is 13.3. The van der Waals surface area contributed by atoms with Gasteiger partial charge in [-0.2, -0.15) is 4.98 Å². The van der Waals surface area contributed by atoms with Gasteiger partial charge in [-0.15, -0.1) is 0 Å². The van der Waals surface area contributed by atoms with E-state index in [1.54, 1.807) is 0 Å². The lowest BCUT2D eigenvalue weighted by atomic mass is 10.1. The van der Waals surface area contributed by atoms with E-state index in [0.717, 1.165) is 4.57 Å². The maximum atomic E-state index is 12.3. The number of aromatic nitrogens is 4. The van der Waals surface area contributed by atoms with Crippen LogP contribution in [0.5, 0.6) is 0 Å². The molecule has 6 N–H and O–H groups in total. The molecule has 2 aromatic rings. The first-order valence-corrected chi connectivity index (χ1v) is 7.52. The van der Waals surface area contributed by atoms with Crippen LogP contribution in [0.2, 0.25) is 0 Å². The average Bonchev–Trinajstić information content (AvgIpc) is 3.05. The lowest BCUT2D eigenvalue weighted by molar-refractivity contribution is -0.0797. The molecule has 25 heavy (non-hydrogen) atoms. The van der Waals surface area contributed by atoms with Crippen LogP contribution >= 0.6 is 0 Å². The van der Waals surface area contributed by atoms with E-state index in [1.807, 2.05) is 0 Å². The minimum atomic E-state index is -1.19. The minimum Gasteiger partial charge on any atom is -0.394 e. The molecule has 12 nitrogen and oxygen atoms in total. The van der Waals surface area contributed by atoms with E-state index in [-0.39, 0.29) is 30.3 Å². The number of aliphatic hydroxyl groups is 2. The van der Waals surface area contributed by atoms with Gasteiger partial charge >= 0.3 is 5.69 Å². The maximum absolute atomic E-state index is 12.3. The standard InChI is InChI=1S/C13H19N5O7/c1-23-2-3-24-8-7(20)5(4-19)25-11(8)18-9-6(15-13(18)22)10(21)17-12(14)16-9/h5,7-8,11,19-20H,2-4H2,1H3,(H,15,22)(H3,14,16,17,21)/t5-,7?,8?,11-/m1/s1. The summed E-state index contributed by atoms with van der Waals surface area (Å²) < 4.78 is 17.1. The smallest absolute Gasteiger partial charge is 0.330 e. The summed E-state index contributed by atoms with van der Waals surface area (Å²) in [5.41, 5.74) is 4.12. The zero-order chi connectivity index (χ0) is 18.1. The van der Waals surface area contributed by atoms with Crippen molar-refractivity contribution in [3.05, 3.63) is 20.8 Å². The van der Waals surface area contributed by atoms with Crippen molar-refractivity contribution < 1.29 is 24.4 Å². The quantitative estimate of drug-likeness (QED) is 0.343. The van der Waals surface area contributed by atoms with Gasteiger partial charge in [-0.3, -0.25) is 14.8 Å². The SMILES string of the molecule is COCCOC1C(O)[C@@H](CO)O[C@H]1n1c(=O)[nH]c2c(=O)[nH]c(N)nc21. The topological polar surface area (TPSA) is 178 Å². The highest BCUT2D eigenvalue weighted by Crippen LogP contribution is 2.32. The van der Waals surface area contributed by atoms with E-state index in [9.17, 15) is 19.8 Å². The highest BCUT2D eigenvalue weighted by Gasteiger charge is 2.46. The molecule has 1 aliphatic heterocycles. The Bertz CT molecular complexity index is 859. The van der Waals surface area contributed by atoms with Crippen LogP contribution in [0, 0.1) is 0 Å². The number of nitrogen functional groups attached to an aromatic ring is 1. The number of nitrogens with one attached hydrogen (secondary N) is 2. The van der Waals surface area contributed by atoms with Gasteiger partial charge in [0.2, 0.25) is 5.95 Å². The number of hydrogen-bond acceptors (Lipinski definition) is 9. The monoisotopic (exact) mass is 357 g/mol. The van der Waals surface area contributed by atoms with E-state index in [0.29, 0.717) is 0 Å². The average molecular weight is 357 g/mol. The fourth-order valence-corrected chi connectivity index (χ4v) is 2.79. The number of ether oxygens (including phenoxy) is 3. The number of methoxy groups -OCH3 is 1. The van der Waals surface area contributed by atoms with Gasteiger partial charge in [0.25, 0.3) is 5.56 Å². The normalized spacial score (nSPS) is 26.5. The predicted molar refractivity (Wildman–Crippen MR) is 84.0 cm³/mol. The highest BCUT2D eigenvalue weighted by molar-refractivity contribution is 5.70. The van der Waals surface area contributed by atoms with Gasteiger partial charge in [-0.25, -0.2) is 9.36 Å². The summed E-state index contributed by atoms with van der Waals surface area (Å²) in [6, 6.07) is 0. The molecule has 3 heterocycles. The number of imidazole rings is 1. The highest BCUT2D eigenvalue weighted by atomic mass is 16.6. The first-order valence-electron chi connectivity index (χ1n) is 7.52. The molecule has 12 heteroatoms. The molecule has 1 aliphatic rings. The van der Waals surface area contributed by atoms with E-state index < -0.39 is 42.4 Å². The third kappa shape index (κ3) is 3.05. The van der Waals surface area contributed by atoms with Crippen molar-refractivity contribution in [3.63, 3.8) is 0 Å². The van der Waals surface area contributed by atoms with Gasteiger partial charge in [0.05, 0.1) is 19.8 Å². The minimum absolute atomic E-state index is 0.0395. The molecule has 0 aliphatic carbocycles. The fourth-order valence-electron chi connectivity index (χ4n) is 2.79. The molecule has 3 rings (SSSR count). The number of hydrogen-bond donors (Lipinski definition) is 5. The molecule has 1 saturated heterocycles. The number of anilines is 1. The van der Waals surface area contributed by atoms with Crippen molar-refractivity contribution in [1.29, 1.82) is 0 Å². The molecule has 0 saturated carbocycles. The van der Waals surface area contributed by atoms with Gasteiger partial charge in [0, 0.05) is 7.11 Å². The molecule has 4 atom stereocenters. The van der Waals surface area contributed by atoms with Crippen molar-refractivity contribution in [2.45, 2.75) is 24.5 Å². The summed E-state index contributed by atoms with van der Waals surface area (Å²) >= 11 is 0. The molecular weight excluding hydrogens is 338 g/mol. The van der Waals surface area contributed by atoms with Crippen molar-refractivity contribution in [3.8, 4) is 0 Å². The second kappa shape index (κ2) is 6.93. The fraction of sp³-hybridized carbons (Fsp3) is 0.615. The van der Waals surface area contributed by atoms with Crippen LogP contribution in [0.3, 0.4) is 0 Å². The lowest BCUT2D eigenvalue weighted by Gasteiger charge is -2.21. The molecular formula is C13H19N5O7. The molecule has 0 spiro atoms. The van der Waals surface area contributed by atoms with Gasteiger partial charge in [-0.1, -0.05) is 0 Å². The third-order valence-corrected chi connectivity index (χ3v) is 3.94. The maximum Gasteiger partial charge on any atom is 0.330 e. The Hall–Kier alpha value is -2.25. The van der Waals surface area contributed by atoms with Gasteiger partial charge in [0.1, 0.15) is 18.3 Å². The second-order valence-corrected chi connectivity index (χ2v) is 5.52. The van der Waals surface area contributed by atoms with Crippen LogP contribution in [0.25, 0.3) is 11.2 Å². The summed E-state index contributed by atoms with van der Waals surface area (Å²) in [5, 5.41) is 19.7. The van der Waals surface area contributed by atoms with E-state index in [2.05, 4.69) is 15.0 Å². The Morgan fingerprint density at radius 1 is 1.36 bits per heavy atom. The lowest BCUT2D eigenvalue weighted by Crippen LogP contribution is -2.38. The Balaban J connectivity index is 2.06. The van der Waals surface area contributed by atoms with Gasteiger partial charge in [-0.05, 0) is 0 Å². The molecule has 0 bridgehead atoms. The number of nitrogens with zero attached hydrogens (tertiary/aromatic N) is 2. The van der Waals surface area contributed by atoms with E-state index in [4.69, 9.17) is 19.9 Å². The Morgan fingerprint density at radius 2 is 2.12 bits per heavy atom. The Kier molecular flexibility index (Phi) is 4.87. The van der Waals surface area contributed by atoms with Gasteiger partial charge < -0.3 is 30.2 Å². The van der Waals surface area contributed by atoms with Crippen molar-refractivity contribution in [2.24, 2.45) is 0 Å². The molecule has 0 aromatic carbocycles. The Labute approximate surface area is 140 Å². The number of rotatable bonds is 6. The van der Waals surface area contributed by atoms with Crippen LogP contribution in [0.15, 0.2) is 9.59 Å². The number of H-pyrrole nitrogens is 2. The number of fused-ring (bicyclic) bond motifs is 1. The molecule has 0 amide bonds. The van der Waals surface area contributed by atoms with Crippen LogP contribution in [0.1, 0.15) is 6.23 Å². The Morgan fingerprint density at radius 3 is 2.80 bits per heavy atom. The zero-order valence-electron chi connectivity index (χ0n) is 13.3.